The molecule has 0 saturated heterocycles. The summed E-state index contributed by atoms with van der Waals surface area (Å²) in [6.45, 7) is 0. The summed E-state index contributed by atoms with van der Waals surface area (Å²) in [6, 6.07) is 27.8. The van der Waals surface area contributed by atoms with Crippen LogP contribution in [0, 0.1) is 0 Å². The SMILES string of the molecule is [2H]c1oc2c([2H])c([2H])c([2H])c([2H])c2c1-c1cc2c([2H])c([2H])c(-c3c4ccccc4c(-c4cccc5ccccc45)c4ccccc34)c([2H])c2c([2H])c1[2H]. The van der Waals surface area contributed by atoms with Crippen LogP contribution < -0.4 is 0 Å². The van der Waals surface area contributed by atoms with E-state index in [0.29, 0.717) is 5.56 Å². The summed E-state index contributed by atoms with van der Waals surface area (Å²) < 4.78 is 93.8. The van der Waals surface area contributed by atoms with Crippen LogP contribution >= 0.6 is 0 Å². The molecule has 9 aromatic rings. The van der Waals surface area contributed by atoms with Crippen molar-refractivity contribution < 1.29 is 18.1 Å². The van der Waals surface area contributed by atoms with Gasteiger partial charge in [-0.3, -0.25) is 0 Å². The van der Waals surface area contributed by atoms with Crippen molar-refractivity contribution >= 4 is 54.1 Å². The van der Waals surface area contributed by atoms with E-state index in [4.69, 9.17) is 12.6 Å². The molecule has 8 aromatic carbocycles. The van der Waals surface area contributed by atoms with Crippen LogP contribution in [0.25, 0.3) is 87.4 Å². The van der Waals surface area contributed by atoms with E-state index >= 15 is 0 Å². The third kappa shape index (κ3) is 3.72. The number of hydrogen-bond acceptors (Lipinski definition) is 1. The molecule has 0 fully saturated rings. The molecule has 0 amide bonds. The summed E-state index contributed by atoms with van der Waals surface area (Å²) in [6.07, 6.45) is -0.524. The van der Waals surface area contributed by atoms with E-state index in [-0.39, 0.29) is 56.6 Å². The fourth-order valence-corrected chi connectivity index (χ4v) is 6.22. The van der Waals surface area contributed by atoms with Crippen molar-refractivity contribution in [2.24, 2.45) is 0 Å². The van der Waals surface area contributed by atoms with Gasteiger partial charge in [0.1, 0.15) is 6.95 Å². The number of para-hydroxylation sites is 1. The summed E-state index contributed by atoms with van der Waals surface area (Å²) in [7, 11) is 0. The molecule has 0 radical (unpaired) electrons. The molecule has 9 rings (SSSR count). The molecule has 43 heavy (non-hydrogen) atoms. The van der Waals surface area contributed by atoms with Crippen LogP contribution in [0.2, 0.25) is 0 Å². The lowest BCUT2D eigenvalue weighted by atomic mass is 9.84. The predicted molar refractivity (Wildman–Crippen MR) is 183 cm³/mol. The normalized spacial score (nSPS) is 15.0. The van der Waals surface area contributed by atoms with Crippen molar-refractivity contribution in [3.8, 4) is 33.4 Å². The maximum atomic E-state index is 9.60. The van der Waals surface area contributed by atoms with Gasteiger partial charge < -0.3 is 4.42 Å². The first-order valence-corrected chi connectivity index (χ1v) is 14.0. The highest BCUT2D eigenvalue weighted by Gasteiger charge is 2.18. The quantitative estimate of drug-likeness (QED) is 0.197. The largest absolute Gasteiger partial charge is 0.464 e. The minimum Gasteiger partial charge on any atom is -0.464 e. The molecular formula is C42H26O. The maximum absolute atomic E-state index is 9.60. The first-order valence-electron chi connectivity index (χ1n) is 19.0. The Hall–Kier alpha value is -5.66. The molecule has 0 atom stereocenters. The first-order chi connectivity index (χ1) is 25.5. The second kappa shape index (κ2) is 9.44. The number of rotatable bonds is 3. The lowest BCUT2D eigenvalue weighted by molar-refractivity contribution is 0.617. The molecule has 0 spiro atoms. The Balaban J connectivity index is 1.38. The lowest BCUT2D eigenvalue weighted by Crippen LogP contribution is -1.91. The van der Waals surface area contributed by atoms with E-state index in [9.17, 15) is 5.48 Å². The van der Waals surface area contributed by atoms with Gasteiger partial charge in [0, 0.05) is 10.9 Å². The Labute approximate surface area is 263 Å². The van der Waals surface area contributed by atoms with Gasteiger partial charge in [-0.05, 0) is 89.1 Å². The van der Waals surface area contributed by atoms with Crippen molar-refractivity contribution in [1.29, 1.82) is 0 Å². The molecule has 0 N–H and O–H groups in total. The van der Waals surface area contributed by atoms with Crippen LogP contribution in [0.4, 0.5) is 0 Å². The van der Waals surface area contributed by atoms with E-state index < -0.39 is 42.5 Å². The second-order valence-electron chi connectivity index (χ2n) is 10.5. The van der Waals surface area contributed by atoms with Crippen LogP contribution in [0.3, 0.4) is 0 Å². The summed E-state index contributed by atoms with van der Waals surface area (Å²) >= 11 is 0. The zero-order chi connectivity index (χ0) is 37.0. The van der Waals surface area contributed by atoms with E-state index in [1.165, 1.54) is 6.07 Å². The maximum Gasteiger partial charge on any atom is 0.134 e. The van der Waals surface area contributed by atoms with Crippen LogP contribution in [0.15, 0.2) is 162 Å². The monoisotopic (exact) mass is 556 g/mol. The number of benzene rings is 8. The molecule has 0 aliphatic carbocycles. The summed E-state index contributed by atoms with van der Waals surface area (Å²) in [4.78, 5) is 0. The van der Waals surface area contributed by atoms with Gasteiger partial charge in [-0.25, -0.2) is 0 Å². The van der Waals surface area contributed by atoms with Gasteiger partial charge >= 0.3 is 0 Å². The molecule has 0 saturated carbocycles. The van der Waals surface area contributed by atoms with E-state index in [2.05, 4.69) is 24.3 Å². The average molecular weight is 557 g/mol. The fourth-order valence-electron chi connectivity index (χ4n) is 6.22. The van der Waals surface area contributed by atoms with Gasteiger partial charge in [-0.2, -0.15) is 0 Å². The Morgan fingerprint density at radius 2 is 1.07 bits per heavy atom. The molecular weight excluding hydrogens is 520 g/mol. The van der Waals surface area contributed by atoms with Crippen LogP contribution in [0.1, 0.15) is 13.7 Å². The third-order valence-corrected chi connectivity index (χ3v) is 8.12. The number of hydrogen-bond donors (Lipinski definition) is 0. The smallest absolute Gasteiger partial charge is 0.134 e. The third-order valence-electron chi connectivity index (χ3n) is 8.12. The van der Waals surface area contributed by atoms with Crippen molar-refractivity contribution in [2.75, 3.05) is 0 Å². The molecule has 0 aliphatic heterocycles. The Kier molecular flexibility index (Phi) is 3.53. The van der Waals surface area contributed by atoms with Crippen molar-refractivity contribution in [3.63, 3.8) is 0 Å². The van der Waals surface area contributed by atoms with E-state index in [0.717, 1.165) is 43.4 Å². The Morgan fingerprint density at radius 1 is 0.442 bits per heavy atom. The first kappa shape index (κ1) is 16.1. The second-order valence-corrected chi connectivity index (χ2v) is 10.5. The Morgan fingerprint density at radius 3 is 1.86 bits per heavy atom. The molecule has 0 bridgehead atoms. The van der Waals surface area contributed by atoms with Crippen molar-refractivity contribution in [1.82, 2.24) is 0 Å². The van der Waals surface area contributed by atoms with E-state index in [1.54, 1.807) is 0 Å². The lowest BCUT2D eigenvalue weighted by Gasteiger charge is -2.19. The van der Waals surface area contributed by atoms with Crippen LogP contribution in [0.5, 0.6) is 0 Å². The molecule has 1 heterocycles. The standard InChI is InChI=1S/C42H26O/c1-2-12-32-27(10-1)11-9-18-34(32)42-37-16-5-3-14-35(37)41(36-15-4-6-17-38(36)42)31-23-21-28-24-30(22-20-29(28)25-31)39-26-43-40-19-8-7-13-33(39)40/h1-26H/i7D,8D,13D,19D,20D,21D,22D,23D,25D,26D. The molecule has 1 nitrogen and oxygen atoms in total. The summed E-state index contributed by atoms with van der Waals surface area (Å²) in [5, 5.41) is 5.40. The summed E-state index contributed by atoms with van der Waals surface area (Å²) in [5.74, 6) is 0. The highest BCUT2D eigenvalue weighted by Crippen LogP contribution is 2.45. The average Bonchev–Trinajstić information content (AvgIpc) is 3.52. The highest BCUT2D eigenvalue weighted by atomic mass is 16.3. The minimum absolute atomic E-state index is 0.0118. The van der Waals surface area contributed by atoms with Crippen molar-refractivity contribution in [3.05, 3.63) is 158 Å². The molecule has 200 valence electrons. The predicted octanol–water partition coefficient (Wildman–Crippen LogP) is 12.0. The van der Waals surface area contributed by atoms with Gasteiger partial charge in [0.05, 0.1) is 18.6 Å². The van der Waals surface area contributed by atoms with Crippen LogP contribution in [-0.2, 0) is 0 Å². The van der Waals surface area contributed by atoms with Gasteiger partial charge in [0.2, 0.25) is 0 Å². The van der Waals surface area contributed by atoms with E-state index in [1.807, 2.05) is 66.7 Å². The number of furan rings is 1. The Bertz CT molecular complexity index is 3010. The molecule has 1 heteroatoms. The zero-order valence-electron chi connectivity index (χ0n) is 32.6. The summed E-state index contributed by atoms with van der Waals surface area (Å²) in [5.41, 5.74) is 2.33. The van der Waals surface area contributed by atoms with Crippen LogP contribution in [-0.4, -0.2) is 0 Å². The van der Waals surface area contributed by atoms with Gasteiger partial charge in [0.15, 0.2) is 0 Å². The fraction of sp³-hybridized carbons (Fsp3) is 0. The highest BCUT2D eigenvalue weighted by molar-refractivity contribution is 6.23. The van der Waals surface area contributed by atoms with Crippen molar-refractivity contribution in [2.45, 2.75) is 0 Å². The van der Waals surface area contributed by atoms with Gasteiger partial charge in [-0.1, -0.05) is 133 Å². The zero-order valence-corrected chi connectivity index (χ0v) is 22.6. The molecule has 1 aromatic heterocycles. The molecule has 0 unspecified atom stereocenters. The van der Waals surface area contributed by atoms with Gasteiger partial charge in [-0.15, -0.1) is 0 Å². The van der Waals surface area contributed by atoms with Gasteiger partial charge in [0.25, 0.3) is 0 Å². The minimum atomic E-state index is -0.540. The molecule has 0 aliphatic rings. The number of fused-ring (bicyclic) bond motifs is 5. The topological polar surface area (TPSA) is 13.1 Å².